The van der Waals surface area contributed by atoms with Crippen LogP contribution in [0.5, 0.6) is 5.75 Å². The molecule has 18 heavy (non-hydrogen) atoms. The van der Waals surface area contributed by atoms with Crippen LogP contribution in [-0.2, 0) is 10.0 Å². The Morgan fingerprint density at radius 1 is 1.39 bits per heavy atom. The molecule has 0 radical (unpaired) electrons. The topological polar surface area (TPSA) is 105 Å². The Morgan fingerprint density at radius 2 is 2.11 bits per heavy atom. The molecular formula is C10H11N3O4S. The summed E-state index contributed by atoms with van der Waals surface area (Å²) < 4.78 is 31.2. The molecule has 2 heterocycles. The van der Waals surface area contributed by atoms with Crippen molar-refractivity contribution in [3.63, 3.8) is 0 Å². The molecule has 0 atom stereocenters. The molecule has 2 rings (SSSR count). The number of hydrogen-bond donors (Lipinski definition) is 2. The average Bonchev–Trinajstić information content (AvgIpc) is 2.62. The molecular weight excluding hydrogens is 258 g/mol. The second-order valence-electron chi connectivity index (χ2n) is 3.63. The van der Waals surface area contributed by atoms with Gasteiger partial charge in [-0.1, -0.05) is 5.16 Å². The molecule has 0 spiro atoms. The maximum atomic E-state index is 12.1. The van der Waals surface area contributed by atoms with E-state index in [0.29, 0.717) is 0 Å². The molecule has 0 aliphatic rings. The van der Waals surface area contributed by atoms with Crippen LogP contribution in [0.15, 0.2) is 27.7 Å². The summed E-state index contributed by atoms with van der Waals surface area (Å²) in [6.07, 6.45) is 1.37. The van der Waals surface area contributed by atoms with Crippen LogP contribution in [0, 0.1) is 13.8 Å². The fourth-order valence-electron chi connectivity index (χ4n) is 1.51. The van der Waals surface area contributed by atoms with E-state index in [0.717, 1.165) is 0 Å². The van der Waals surface area contributed by atoms with E-state index in [-0.39, 0.29) is 27.9 Å². The van der Waals surface area contributed by atoms with E-state index in [4.69, 9.17) is 4.52 Å². The molecule has 0 amide bonds. The quantitative estimate of drug-likeness (QED) is 0.867. The minimum absolute atomic E-state index is 0.0486. The van der Waals surface area contributed by atoms with E-state index in [1.54, 1.807) is 0 Å². The molecule has 0 aliphatic heterocycles. The van der Waals surface area contributed by atoms with Crippen molar-refractivity contribution < 1.29 is 18.0 Å². The van der Waals surface area contributed by atoms with Crippen molar-refractivity contribution in [1.82, 2.24) is 10.1 Å². The molecule has 0 saturated carbocycles. The Bertz CT molecular complexity index is 659. The van der Waals surface area contributed by atoms with Gasteiger partial charge in [0, 0.05) is 6.20 Å². The first-order valence-electron chi connectivity index (χ1n) is 5.01. The van der Waals surface area contributed by atoms with Crippen LogP contribution >= 0.6 is 0 Å². The molecule has 2 aromatic heterocycles. The van der Waals surface area contributed by atoms with Gasteiger partial charge in [0.25, 0.3) is 10.0 Å². The predicted molar refractivity (Wildman–Crippen MR) is 62.7 cm³/mol. The smallest absolute Gasteiger partial charge is 0.268 e. The van der Waals surface area contributed by atoms with Crippen molar-refractivity contribution in [2.75, 3.05) is 4.72 Å². The van der Waals surface area contributed by atoms with E-state index >= 15 is 0 Å². The minimum Gasteiger partial charge on any atom is -0.504 e. The summed E-state index contributed by atoms with van der Waals surface area (Å²) in [6, 6.07) is 2.82. The number of hydrogen-bond acceptors (Lipinski definition) is 6. The lowest BCUT2D eigenvalue weighted by Gasteiger charge is -2.07. The summed E-state index contributed by atoms with van der Waals surface area (Å²) in [4.78, 5) is 3.69. The SMILES string of the molecule is Cc1noc(C)c1S(=O)(=O)Nc1ncccc1O. The molecule has 8 heteroatoms. The van der Waals surface area contributed by atoms with Crippen LogP contribution < -0.4 is 4.72 Å². The first-order chi connectivity index (χ1) is 8.42. The van der Waals surface area contributed by atoms with Crippen LogP contribution in [0.2, 0.25) is 0 Å². The summed E-state index contributed by atoms with van der Waals surface area (Å²) in [5.74, 6) is -0.222. The number of aromatic hydroxyl groups is 1. The van der Waals surface area contributed by atoms with Crippen LogP contribution in [-0.4, -0.2) is 23.7 Å². The molecule has 0 aromatic carbocycles. The van der Waals surface area contributed by atoms with Gasteiger partial charge in [0.15, 0.2) is 22.2 Å². The summed E-state index contributed by atoms with van der Waals surface area (Å²) in [5.41, 5.74) is 0.246. The third kappa shape index (κ3) is 2.14. The Kier molecular flexibility index (Phi) is 2.95. The molecule has 0 unspecified atom stereocenters. The first-order valence-corrected chi connectivity index (χ1v) is 6.50. The fraction of sp³-hybridized carbons (Fsp3) is 0.200. The maximum Gasteiger partial charge on any atom is 0.268 e. The van der Waals surface area contributed by atoms with Gasteiger partial charge in [-0.3, -0.25) is 4.72 Å². The Hall–Kier alpha value is -2.09. The molecule has 0 fully saturated rings. The van der Waals surface area contributed by atoms with Gasteiger partial charge in [-0.2, -0.15) is 0 Å². The third-order valence-electron chi connectivity index (χ3n) is 2.25. The number of anilines is 1. The van der Waals surface area contributed by atoms with Gasteiger partial charge in [0.2, 0.25) is 0 Å². The zero-order valence-corrected chi connectivity index (χ0v) is 10.5. The molecule has 7 nitrogen and oxygen atoms in total. The van der Waals surface area contributed by atoms with Gasteiger partial charge in [-0.15, -0.1) is 0 Å². The zero-order chi connectivity index (χ0) is 13.3. The lowest BCUT2D eigenvalue weighted by atomic mass is 10.4. The molecule has 2 N–H and O–H groups in total. The zero-order valence-electron chi connectivity index (χ0n) is 9.71. The first kappa shape index (κ1) is 12.4. The number of rotatable bonds is 3. The summed E-state index contributed by atoms with van der Waals surface area (Å²) >= 11 is 0. The van der Waals surface area contributed by atoms with Crippen LogP contribution in [0.25, 0.3) is 0 Å². The number of pyridine rings is 1. The van der Waals surface area contributed by atoms with Crippen molar-refractivity contribution >= 4 is 15.8 Å². The Labute approximate surface area is 104 Å². The Morgan fingerprint density at radius 3 is 2.67 bits per heavy atom. The second kappa shape index (κ2) is 4.30. The summed E-state index contributed by atoms with van der Waals surface area (Å²) in [7, 11) is -3.88. The third-order valence-corrected chi connectivity index (χ3v) is 3.84. The Balaban J connectivity index is 2.43. The van der Waals surface area contributed by atoms with Crippen LogP contribution in [0.3, 0.4) is 0 Å². The fourth-order valence-corrected chi connectivity index (χ4v) is 2.87. The van der Waals surface area contributed by atoms with Crippen molar-refractivity contribution in [1.29, 1.82) is 0 Å². The molecule has 0 saturated heterocycles. The lowest BCUT2D eigenvalue weighted by Crippen LogP contribution is -2.15. The van der Waals surface area contributed by atoms with Gasteiger partial charge >= 0.3 is 0 Å². The monoisotopic (exact) mass is 269 g/mol. The van der Waals surface area contributed by atoms with Gasteiger partial charge in [-0.25, -0.2) is 13.4 Å². The molecule has 0 aliphatic carbocycles. The summed E-state index contributed by atoms with van der Waals surface area (Å²) in [6.45, 7) is 3.01. The predicted octanol–water partition coefficient (Wildman–Crippen LogP) is 1.19. The average molecular weight is 269 g/mol. The van der Waals surface area contributed by atoms with Crippen LogP contribution in [0.1, 0.15) is 11.5 Å². The number of sulfonamides is 1. The maximum absolute atomic E-state index is 12.1. The number of nitrogens with one attached hydrogen (secondary N) is 1. The molecule has 0 bridgehead atoms. The molecule has 96 valence electrons. The van der Waals surface area contributed by atoms with Gasteiger partial charge < -0.3 is 9.63 Å². The second-order valence-corrected chi connectivity index (χ2v) is 5.25. The molecule has 2 aromatic rings. The number of aryl methyl sites for hydroxylation is 2. The lowest BCUT2D eigenvalue weighted by molar-refractivity contribution is 0.390. The highest BCUT2D eigenvalue weighted by atomic mass is 32.2. The van der Waals surface area contributed by atoms with Crippen molar-refractivity contribution in [3.8, 4) is 5.75 Å². The number of nitrogens with zero attached hydrogens (tertiary/aromatic N) is 2. The number of aromatic nitrogens is 2. The van der Waals surface area contributed by atoms with Crippen LogP contribution in [0.4, 0.5) is 5.82 Å². The van der Waals surface area contributed by atoms with Gasteiger partial charge in [-0.05, 0) is 26.0 Å². The van der Waals surface area contributed by atoms with Gasteiger partial charge in [0.05, 0.1) is 0 Å². The van der Waals surface area contributed by atoms with E-state index in [2.05, 4.69) is 14.9 Å². The standard InChI is InChI=1S/C10H11N3O4S/c1-6-9(7(2)17-12-6)18(15,16)13-10-8(14)4-3-5-11-10/h3-5,14H,1-2H3,(H,11,13). The van der Waals surface area contributed by atoms with E-state index in [9.17, 15) is 13.5 Å². The van der Waals surface area contributed by atoms with Crippen molar-refractivity contribution in [2.24, 2.45) is 0 Å². The minimum atomic E-state index is -3.88. The highest BCUT2D eigenvalue weighted by Crippen LogP contribution is 2.25. The normalized spacial score (nSPS) is 11.4. The van der Waals surface area contributed by atoms with Gasteiger partial charge in [0.1, 0.15) is 5.69 Å². The summed E-state index contributed by atoms with van der Waals surface area (Å²) in [5, 5.41) is 13.1. The highest BCUT2D eigenvalue weighted by molar-refractivity contribution is 7.92. The van der Waals surface area contributed by atoms with E-state index in [1.807, 2.05) is 0 Å². The van der Waals surface area contributed by atoms with Crippen molar-refractivity contribution in [2.45, 2.75) is 18.7 Å². The van der Waals surface area contributed by atoms with Crippen molar-refractivity contribution in [3.05, 3.63) is 29.8 Å². The van der Waals surface area contributed by atoms with E-state index in [1.165, 1.54) is 32.2 Å². The largest absolute Gasteiger partial charge is 0.504 e. The van der Waals surface area contributed by atoms with E-state index < -0.39 is 10.0 Å². The highest BCUT2D eigenvalue weighted by Gasteiger charge is 2.25.